The molecule has 1 aromatic heterocycles. The van der Waals surface area contributed by atoms with E-state index in [4.69, 9.17) is 0 Å². The first-order chi connectivity index (χ1) is 13.7. The number of benzene rings is 1. The maximum absolute atomic E-state index is 12.1. The van der Waals surface area contributed by atoms with Crippen LogP contribution in [-0.2, 0) is 17.8 Å². The quantitative estimate of drug-likeness (QED) is 0.486. The SMILES string of the molecule is CCNC(=NCc1cccc(NC(=O)C2CCC2)c1)NCCc1ccccn1. The number of nitrogens with one attached hydrogen (secondary N) is 3. The minimum Gasteiger partial charge on any atom is -0.357 e. The Hall–Kier alpha value is -2.89. The number of nitrogens with zero attached hydrogens (tertiary/aromatic N) is 2. The van der Waals surface area contributed by atoms with E-state index < -0.39 is 0 Å². The molecule has 1 saturated carbocycles. The van der Waals surface area contributed by atoms with Crippen molar-refractivity contribution in [2.75, 3.05) is 18.4 Å². The van der Waals surface area contributed by atoms with E-state index in [0.717, 1.165) is 61.7 Å². The van der Waals surface area contributed by atoms with E-state index in [1.807, 2.05) is 55.6 Å². The summed E-state index contributed by atoms with van der Waals surface area (Å²) in [6.07, 6.45) is 5.82. The molecule has 0 radical (unpaired) electrons. The van der Waals surface area contributed by atoms with Gasteiger partial charge in [0.2, 0.25) is 5.91 Å². The molecule has 1 aliphatic rings. The number of anilines is 1. The number of carbonyl (C=O) groups excluding carboxylic acids is 1. The molecule has 3 rings (SSSR count). The van der Waals surface area contributed by atoms with Crippen LogP contribution in [0.5, 0.6) is 0 Å². The van der Waals surface area contributed by atoms with Crippen molar-refractivity contribution in [3.63, 3.8) is 0 Å². The molecule has 0 atom stereocenters. The summed E-state index contributed by atoms with van der Waals surface area (Å²) in [5.41, 5.74) is 2.96. The lowest BCUT2D eigenvalue weighted by atomic mass is 9.85. The fourth-order valence-corrected chi connectivity index (χ4v) is 3.03. The Morgan fingerprint density at radius 3 is 2.79 bits per heavy atom. The first-order valence-corrected chi connectivity index (χ1v) is 10.1. The minimum atomic E-state index is 0.136. The van der Waals surface area contributed by atoms with Crippen LogP contribution >= 0.6 is 0 Å². The van der Waals surface area contributed by atoms with Crippen LogP contribution in [0.1, 0.15) is 37.4 Å². The van der Waals surface area contributed by atoms with Gasteiger partial charge >= 0.3 is 0 Å². The van der Waals surface area contributed by atoms with Gasteiger partial charge in [-0.1, -0.05) is 24.6 Å². The fourth-order valence-electron chi connectivity index (χ4n) is 3.03. The number of hydrogen-bond donors (Lipinski definition) is 3. The topological polar surface area (TPSA) is 78.4 Å². The number of pyridine rings is 1. The van der Waals surface area contributed by atoms with Gasteiger partial charge < -0.3 is 16.0 Å². The van der Waals surface area contributed by atoms with Crippen molar-refractivity contribution >= 4 is 17.6 Å². The predicted octanol–water partition coefficient (Wildman–Crippen LogP) is 3.12. The predicted molar refractivity (Wildman–Crippen MR) is 113 cm³/mol. The van der Waals surface area contributed by atoms with Crippen LogP contribution in [0.4, 0.5) is 5.69 Å². The van der Waals surface area contributed by atoms with Crippen molar-refractivity contribution in [1.29, 1.82) is 0 Å². The highest BCUT2D eigenvalue weighted by Crippen LogP contribution is 2.27. The Bertz CT molecular complexity index is 787. The summed E-state index contributed by atoms with van der Waals surface area (Å²) >= 11 is 0. The van der Waals surface area contributed by atoms with Crippen molar-refractivity contribution in [3.8, 4) is 0 Å². The average Bonchev–Trinajstić information content (AvgIpc) is 2.66. The third-order valence-electron chi connectivity index (χ3n) is 4.83. The van der Waals surface area contributed by atoms with E-state index >= 15 is 0 Å². The number of aromatic nitrogens is 1. The van der Waals surface area contributed by atoms with Gasteiger partial charge in [0.25, 0.3) is 0 Å². The molecule has 0 spiro atoms. The Morgan fingerprint density at radius 2 is 2.07 bits per heavy atom. The molecular formula is C22H29N5O. The van der Waals surface area contributed by atoms with E-state index in [2.05, 4.69) is 25.9 Å². The third kappa shape index (κ3) is 6.08. The van der Waals surface area contributed by atoms with Gasteiger partial charge in [-0.25, -0.2) is 4.99 Å². The second-order valence-corrected chi connectivity index (χ2v) is 7.01. The maximum atomic E-state index is 12.1. The highest BCUT2D eigenvalue weighted by molar-refractivity contribution is 5.93. The van der Waals surface area contributed by atoms with Gasteiger partial charge in [0.05, 0.1) is 6.54 Å². The van der Waals surface area contributed by atoms with Gasteiger partial charge in [-0.2, -0.15) is 0 Å². The molecule has 0 unspecified atom stereocenters. The smallest absolute Gasteiger partial charge is 0.227 e. The van der Waals surface area contributed by atoms with Crippen molar-refractivity contribution < 1.29 is 4.79 Å². The molecule has 6 nitrogen and oxygen atoms in total. The lowest BCUT2D eigenvalue weighted by Crippen LogP contribution is -2.38. The molecule has 148 valence electrons. The second-order valence-electron chi connectivity index (χ2n) is 7.01. The van der Waals surface area contributed by atoms with Crippen molar-refractivity contribution in [1.82, 2.24) is 15.6 Å². The molecule has 2 aromatic rings. The largest absolute Gasteiger partial charge is 0.357 e. The molecule has 1 heterocycles. The molecule has 1 aliphatic carbocycles. The fraction of sp³-hybridized carbons (Fsp3) is 0.409. The summed E-state index contributed by atoms with van der Waals surface area (Å²) < 4.78 is 0. The van der Waals surface area contributed by atoms with E-state index in [1.54, 1.807) is 0 Å². The summed E-state index contributed by atoms with van der Waals surface area (Å²) in [6.45, 7) is 4.16. The van der Waals surface area contributed by atoms with Gasteiger partial charge in [-0.05, 0) is 49.6 Å². The van der Waals surface area contributed by atoms with Crippen LogP contribution in [0.3, 0.4) is 0 Å². The van der Waals surface area contributed by atoms with Gasteiger partial charge in [-0.15, -0.1) is 0 Å². The third-order valence-corrected chi connectivity index (χ3v) is 4.83. The van der Waals surface area contributed by atoms with E-state index in [9.17, 15) is 4.79 Å². The Morgan fingerprint density at radius 1 is 1.18 bits per heavy atom. The number of carbonyl (C=O) groups is 1. The molecule has 1 amide bonds. The Balaban J connectivity index is 1.53. The lowest BCUT2D eigenvalue weighted by Gasteiger charge is -2.24. The first kappa shape index (κ1) is 19.9. The normalized spacial score (nSPS) is 14.2. The summed E-state index contributed by atoms with van der Waals surface area (Å²) in [6, 6.07) is 13.9. The maximum Gasteiger partial charge on any atom is 0.227 e. The van der Waals surface area contributed by atoms with Crippen molar-refractivity contribution in [2.24, 2.45) is 10.9 Å². The molecule has 6 heteroatoms. The highest BCUT2D eigenvalue weighted by Gasteiger charge is 2.25. The van der Waals surface area contributed by atoms with Crippen molar-refractivity contribution in [3.05, 3.63) is 59.9 Å². The summed E-state index contributed by atoms with van der Waals surface area (Å²) in [5, 5.41) is 9.63. The van der Waals surface area contributed by atoms with Gasteiger partial charge in [0.15, 0.2) is 5.96 Å². The molecule has 28 heavy (non-hydrogen) atoms. The van der Waals surface area contributed by atoms with Crippen LogP contribution < -0.4 is 16.0 Å². The zero-order valence-corrected chi connectivity index (χ0v) is 16.4. The second kappa shape index (κ2) is 10.4. The Labute approximate surface area is 166 Å². The van der Waals surface area contributed by atoms with Gasteiger partial charge in [0, 0.05) is 43.0 Å². The Kier molecular flexibility index (Phi) is 7.41. The van der Waals surface area contributed by atoms with Gasteiger partial charge in [0.1, 0.15) is 0 Å². The van der Waals surface area contributed by atoms with Crippen LogP contribution in [-0.4, -0.2) is 29.9 Å². The summed E-state index contributed by atoms with van der Waals surface area (Å²) in [5.74, 6) is 1.10. The molecule has 0 bridgehead atoms. The van der Waals surface area contributed by atoms with Crippen LogP contribution in [0.15, 0.2) is 53.7 Å². The van der Waals surface area contributed by atoms with E-state index in [-0.39, 0.29) is 11.8 Å². The zero-order valence-electron chi connectivity index (χ0n) is 16.4. The van der Waals surface area contributed by atoms with Crippen LogP contribution in [0, 0.1) is 5.92 Å². The molecule has 0 saturated heterocycles. The average molecular weight is 380 g/mol. The van der Waals surface area contributed by atoms with Crippen molar-refractivity contribution in [2.45, 2.75) is 39.2 Å². The number of guanidine groups is 1. The standard InChI is InChI=1S/C22H29N5O/c1-2-23-22(25-14-12-19-10-3-4-13-24-19)26-16-17-7-5-11-20(15-17)27-21(28)18-8-6-9-18/h3-5,7,10-11,13,15,18H,2,6,8-9,12,14,16H2,1H3,(H,27,28)(H2,23,25,26). The zero-order chi connectivity index (χ0) is 19.6. The van der Waals surface area contributed by atoms with Gasteiger partial charge in [-0.3, -0.25) is 9.78 Å². The first-order valence-electron chi connectivity index (χ1n) is 10.1. The number of rotatable bonds is 8. The lowest BCUT2D eigenvalue weighted by molar-refractivity contribution is -0.122. The number of hydrogen-bond acceptors (Lipinski definition) is 3. The van der Waals surface area contributed by atoms with Crippen LogP contribution in [0.25, 0.3) is 0 Å². The summed E-state index contributed by atoms with van der Waals surface area (Å²) in [4.78, 5) is 21.1. The highest BCUT2D eigenvalue weighted by atomic mass is 16.1. The number of amides is 1. The van der Waals surface area contributed by atoms with E-state index in [1.165, 1.54) is 0 Å². The molecule has 3 N–H and O–H groups in total. The minimum absolute atomic E-state index is 0.136. The summed E-state index contributed by atoms with van der Waals surface area (Å²) in [7, 11) is 0. The molecular weight excluding hydrogens is 350 g/mol. The molecule has 1 aromatic carbocycles. The molecule has 1 fully saturated rings. The number of aliphatic imine (C=N–C) groups is 1. The monoisotopic (exact) mass is 379 g/mol. The van der Waals surface area contributed by atoms with E-state index in [0.29, 0.717) is 6.54 Å². The molecule has 0 aliphatic heterocycles. The van der Waals surface area contributed by atoms with Crippen LogP contribution in [0.2, 0.25) is 0 Å².